The third-order valence-electron chi connectivity index (χ3n) is 3.85. The van der Waals surface area contributed by atoms with Gasteiger partial charge in [0.15, 0.2) is 0 Å². The summed E-state index contributed by atoms with van der Waals surface area (Å²) in [6.45, 7) is 2.19. The molecule has 0 bridgehead atoms. The van der Waals surface area contributed by atoms with Crippen LogP contribution in [-0.4, -0.2) is 49.5 Å². The number of rotatable bonds is 9. The zero-order valence-corrected chi connectivity index (χ0v) is 15.9. The molecule has 2 aromatic carbocycles. The summed E-state index contributed by atoms with van der Waals surface area (Å²) in [4.78, 5) is 16.5. The molecule has 0 fully saturated rings. The number of nitrogens with zero attached hydrogens (tertiary/aromatic N) is 2. The van der Waals surface area contributed by atoms with Crippen molar-refractivity contribution in [3.8, 4) is 5.75 Å². The predicted octanol–water partition coefficient (Wildman–Crippen LogP) is 3.84. The normalized spacial score (nSPS) is 10.8. The Morgan fingerprint density at radius 1 is 1.04 bits per heavy atom. The second-order valence-electron chi connectivity index (χ2n) is 6.30. The number of likely N-dealkylation sites (N-methyl/N-ethyl adjacent to an activating group) is 1. The quantitative estimate of drug-likeness (QED) is 0.664. The Kier molecular flexibility index (Phi) is 7.88. The van der Waals surface area contributed by atoms with Gasteiger partial charge in [-0.15, -0.1) is 0 Å². The summed E-state index contributed by atoms with van der Waals surface area (Å²) in [5, 5.41) is 0.674. The van der Waals surface area contributed by atoms with Crippen LogP contribution in [0.25, 0.3) is 0 Å². The molecule has 0 radical (unpaired) electrons. The number of carbonyl (C=O) groups excluding carboxylic acids is 1. The average Bonchev–Trinajstić information content (AvgIpc) is 2.61. The van der Waals surface area contributed by atoms with Gasteiger partial charge >= 0.3 is 0 Å². The molecule has 0 aliphatic heterocycles. The van der Waals surface area contributed by atoms with Crippen molar-refractivity contribution in [2.75, 3.05) is 33.8 Å². The van der Waals surface area contributed by atoms with Crippen LogP contribution in [-0.2, 0) is 11.3 Å². The van der Waals surface area contributed by atoms with Gasteiger partial charge in [-0.25, -0.2) is 4.39 Å². The van der Waals surface area contributed by atoms with Crippen LogP contribution in [0.1, 0.15) is 12.0 Å². The number of ether oxygens (including phenoxy) is 1. The molecular weight excluding hydrogens is 355 g/mol. The maximum Gasteiger partial charge on any atom is 0.226 e. The Balaban J connectivity index is 1.90. The lowest BCUT2D eigenvalue weighted by Crippen LogP contribution is -2.36. The molecule has 0 heterocycles. The van der Waals surface area contributed by atoms with E-state index in [-0.39, 0.29) is 24.8 Å². The van der Waals surface area contributed by atoms with E-state index in [0.29, 0.717) is 23.9 Å². The van der Waals surface area contributed by atoms with Gasteiger partial charge in [0, 0.05) is 24.7 Å². The minimum absolute atomic E-state index is 0.0175. The van der Waals surface area contributed by atoms with Crippen LogP contribution < -0.4 is 4.74 Å². The summed E-state index contributed by atoms with van der Waals surface area (Å²) < 4.78 is 18.4. The van der Waals surface area contributed by atoms with Crippen LogP contribution in [0.5, 0.6) is 5.75 Å². The number of benzene rings is 2. The van der Waals surface area contributed by atoms with Crippen LogP contribution in [0.4, 0.5) is 4.39 Å². The summed E-state index contributed by atoms with van der Waals surface area (Å²) in [5.41, 5.74) is 1.03. The Labute approximate surface area is 159 Å². The molecular formula is C20H24ClFN2O2. The molecule has 0 saturated carbocycles. The number of hydrogen-bond acceptors (Lipinski definition) is 3. The van der Waals surface area contributed by atoms with Gasteiger partial charge < -0.3 is 14.5 Å². The fourth-order valence-corrected chi connectivity index (χ4v) is 2.49. The molecule has 2 aromatic rings. The van der Waals surface area contributed by atoms with Gasteiger partial charge in [-0.1, -0.05) is 23.7 Å². The first-order chi connectivity index (χ1) is 12.4. The van der Waals surface area contributed by atoms with Gasteiger partial charge in [-0.2, -0.15) is 0 Å². The van der Waals surface area contributed by atoms with Gasteiger partial charge in [0.1, 0.15) is 11.6 Å². The van der Waals surface area contributed by atoms with Crippen LogP contribution in [0.15, 0.2) is 48.5 Å². The lowest BCUT2D eigenvalue weighted by molar-refractivity contribution is -0.132. The first kappa shape index (κ1) is 20.2. The van der Waals surface area contributed by atoms with Crippen LogP contribution in [0, 0.1) is 5.82 Å². The number of carbonyl (C=O) groups is 1. The van der Waals surface area contributed by atoms with Gasteiger partial charge in [-0.05, 0) is 56.1 Å². The third-order valence-corrected chi connectivity index (χ3v) is 4.11. The summed E-state index contributed by atoms with van der Waals surface area (Å²) in [5.74, 6) is 0.256. The maximum absolute atomic E-state index is 12.9. The largest absolute Gasteiger partial charge is 0.493 e. The Hall–Kier alpha value is -2.11. The predicted molar refractivity (Wildman–Crippen MR) is 102 cm³/mol. The fourth-order valence-electron chi connectivity index (χ4n) is 2.37. The van der Waals surface area contributed by atoms with E-state index in [4.69, 9.17) is 16.3 Å². The molecule has 0 spiro atoms. The fraction of sp³-hybridized carbons (Fsp3) is 0.350. The molecule has 140 valence electrons. The lowest BCUT2D eigenvalue weighted by Gasteiger charge is -2.25. The summed E-state index contributed by atoms with van der Waals surface area (Å²) in [6, 6.07) is 13.3. The van der Waals surface area contributed by atoms with Crippen molar-refractivity contribution in [2.24, 2.45) is 0 Å². The molecule has 6 heteroatoms. The molecule has 2 rings (SSSR count). The van der Waals surface area contributed by atoms with Crippen molar-refractivity contribution in [3.05, 3.63) is 64.9 Å². The minimum atomic E-state index is -0.314. The van der Waals surface area contributed by atoms with Crippen LogP contribution >= 0.6 is 11.6 Å². The van der Waals surface area contributed by atoms with E-state index in [2.05, 4.69) is 0 Å². The monoisotopic (exact) mass is 378 g/mol. The first-order valence-corrected chi connectivity index (χ1v) is 8.87. The molecule has 4 nitrogen and oxygen atoms in total. The zero-order valence-electron chi connectivity index (χ0n) is 15.1. The number of amides is 1. The molecule has 26 heavy (non-hydrogen) atoms. The summed E-state index contributed by atoms with van der Waals surface area (Å²) >= 11 is 5.92. The average molecular weight is 379 g/mol. The van der Waals surface area contributed by atoms with Crippen molar-refractivity contribution in [1.82, 2.24) is 9.80 Å². The molecule has 0 aromatic heterocycles. The Morgan fingerprint density at radius 3 is 2.31 bits per heavy atom. The molecule has 0 unspecified atom stereocenters. The zero-order chi connectivity index (χ0) is 18.9. The Bertz CT molecular complexity index is 690. The Morgan fingerprint density at radius 2 is 1.69 bits per heavy atom. The molecule has 1 amide bonds. The van der Waals surface area contributed by atoms with E-state index in [1.165, 1.54) is 12.1 Å². The highest BCUT2D eigenvalue weighted by Gasteiger charge is 2.14. The van der Waals surface area contributed by atoms with Crippen LogP contribution in [0.2, 0.25) is 5.02 Å². The summed E-state index contributed by atoms with van der Waals surface area (Å²) in [6.07, 6.45) is 0.262. The van der Waals surface area contributed by atoms with Crippen molar-refractivity contribution in [3.63, 3.8) is 0 Å². The molecule has 0 aliphatic rings. The van der Waals surface area contributed by atoms with Crippen molar-refractivity contribution in [2.45, 2.75) is 13.0 Å². The highest BCUT2D eigenvalue weighted by molar-refractivity contribution is 6.30. The smallest absolute Gasteiger partial charge is 0.226 e. The second-order valence-corrected chi connectivity index (χ2v) is 6.73. The van der Waals surface area contributed by atoms with E-state index in [1.807, 2.05) is 48.2 Å². The molecule has 0 aliphatic carbocycles. The maximum atomic E-state index is 12.9. The van der Waals surface area contributed by atoms with E-state index in [0.717, 1.165) is 12.1 Å². The van der Waals surface area contributed by atoms with Gasteiger partial charge in [-0.3, -0.25) is 4.79 Å². The van der Waals surface area contributed by atoms with Crippen molar-refractivity contribution in [1.29, 1.82) is 0 Å². The van der Waals surface area contributed by atoms with Crippen molar-refractivity contribution >= 4 is 17.5 Å². The molecule has 0 saturated heterocycles. The van der Waals surface area contributed by atoms with E-state index < -0.39 is 0 Å². The van der Waals surface area contributed by atoms with E-state index in [1.54, 1.807) is 12.1 Å². The number of hydrogen-bond donors (Lipinski definition) is 0. The molecule has 0 N–H and O–H groups in total. The number of halogens is 2. The van der Waals surface area contributed by atoms with E-state index >= 15 is 0 Å². The molecule has 0 atom stereocenters. The minimum Gasteiger partial charge on any atom is -0.493 e. The van der Waals surface area contributed by atoms with Gasteiger partial charge in [0.2, 0.25) is 5.91 Å². The second kappa shape index (κ2) is 10.1. The standard InChI is InChI=1S/C20H24ClFN2O2/c1-23(2)12-13-24(15-16-3-5-17(21)6-4-16)20(25)11-14-26-19-9-7-18(22)8-10-19/h3-10H,11-15H2,1-2H3. The van der Waals surface area contributed by atoms with E-state index in [9.17, 15) is 9.18 Å². The van der Waals surface area contributed by atoms with Gasteiger partial charge in [0.25, 0.3) is 0 Å². The highest BCUT2D eigenvalue weighted by atomic mass is 35.5. The lowest BCUT2D eigenvalue weighted by atomic mass is 10.2. The van der Waals surface area contributed by atoms with Crippen LogP contribution in [0.3, 0.4) is 0 Å². The topological polar surface area (TPSA) is 32.8 Å². The third kappa shape index (κ3) is 7.02. The SMILES string of the molecule is CN(C)CCN(Cc1ccc(Cl)cc1)C(=O)CCOc1ccc(F)cc1. The summed E-state index contributed by atoms with van der Waals surface area (Å²) in [7, 11) is 3.95. The van der Waals surface area contributed by atoms with Crippen molar-refractivity contribution < 1.29 is 13.9 Å². The van der Waals surface area contributed by atoms with Gasteiger partial charge in [0.05, 0.1) is 13.0 Å². The first-order valence-electron chi connectivity index (χ1n) is 8.49. The highest BCUT2D eigenvalue weighted by Crippen LogP contribution is 2.14.